The van der Waals surface area contributed by atoms with E-state index in [9.17, 15) is 9.59 Å². The number of hydrogen-bond donors (Lipinski definition) is 0. The van der Waals surface area contributed by atoms with Crippen molar-refractivity contribution in [2.75, 3.05) is 13.3 Å². The van der Waals surface area contributed by atoms with Gasteiger partial charge in [0.2, 0.25) is 5.91 Å². The molecule has 2 amide bonds. The highest BCUT2D eigenvalue weighted by Crippen LogP contribution is 2.25. The molecule has 0 aliphatic carbocycles. The minimum atomic E-state index is -0.341. The molecule has 2 rings (SSSR count). The largest absolute Gasteiger partial charge is 0.280 e. The number of fused-ring (bicyclic) bond motifs is 1. The molecule has 0 fully saturated rings. The number of rotatable bonds is 1. The van der Waals surface area contributed by atoms with E-state index in [1.54, 1.807) is 6.92 Å². The first kappa shape index (κ1) is 11.1. The zero-order chi connectivity index (χ0) is 11.9. The molecule has 0 unspecified atom stereocenters. The normalized spacial score (nSPS) is 15.3. The molecular weight excluding hydrogens is 226 g/mol. The van der Waals surface area contributed by atoms with Crippen molar-refractivity contribution in [3.05, 3.63) is 17.1 Å². The fourth-order valence-corrected chi connectivity index (χ4v) is 2.26. The summed E-state index contributed by atoms with van der Waals surface area (Å²) in [5.41, 5.74) is 1.02. The first-order valence-electron chi connectivity index (χ1n) is 4.77. The second-order valence-electron chi connectivity index (χ2n) is 3.54. The highest BCUT2D eigenvalue weighted by atomic mass is 32.2. The van der Waals surface area contributed by atoms with Gasteiger partial charge in [0.25, 0.3) is 5.91 Å². The van der Waals surface area contributed by atoms with Crippen LogP contribution in [0.3, 0.4) is 0 Å². The van der Waals surface area contributed by atoms with Gasteiger partial charge in [-0.25, -0.2) is 9.97 Å². The van der Waals surface area contributed by atoms with Gasteiger partial charge in [0.15, 0.2) is 0 Å². The molecule has 1 aliphatic rings. The molecule has 0 saturated heterocycles. The van der Waals surface area contributed by atoms with E-state index in [0.717, 1.165) is 9.93 Å². The summed E-state index contributed by atoms with van der Waals surface area (Å²) in [6.07, 6.45) is 2.07. The number of aromatic nitrogens is 2. The van der Waals surface area contributed by atoms with Crippen LogP contribution < -0.4 is 0 Å². The SMILES string of the molecule is CSc1nc(C)nc2c1CC(=O)N(C)C2=O. The predicted octanol–water partition coefficient (Wildman–Crippen LogP) is 0.662. The Kier molecular flexibility index (Phi) is 2.67. The summed E-state index contributed by atoms with van der Waals surface area (Å²) >= 11 is 1.43. The van der Waals surface area contributed by atoms with Gasteiger partial charge in [0, 0.05) is 12.6 Å². The van der Waals surface area contributed by atoms with Crippen LogP contribution in [0.2, 0.25) is 0 Å². The zero-order valence-electron chi connectivity index (χ0n) is 9.27. The van der Waals surface area contributed by atoms with Crippen molar-refractivity contribution in [1.82, 2.24) is 14.9 Å². The average Bonchev–Trinajstić information content (AvgIpc) is 2.26. The summed E-state index contributed by atoms with van der Waals surface area (Å²) in [5, 5.41) is 0.720. The van der Waals surface area contributed by atoms with Gasteiger partial charge >= 0.3 is 0 Å². The van der Waals surface area contributed by atoms with Crippen LogP contribution in [0, 0.1) is 6.92 Å². The molecule has 0 spiro atoms. The van der Waals surface area contributed by atoms with Gasteiger partial charge in [-0.2, -0.15) is 0 Å². The second-order valence-corrected chi connectivity index (χ2v) is 4.34. The number of nitrogens with zero attached hydrogens (tertiary/aromatic N) is 3. The molecule has 16 heavy (non-hydrogen) atoms. The Labute approximate surface area is 97.3 Å². The number of hydrogen-bond acceptors (Lipinski definition) is 5. The van der Waals surface area contributed by atoms with Crippen LogP contribution >= 0.6 is 11.8 Å². The number of aryl methyl sites for hydroxylation is 1. The van der Waals surface area contributed by atoms with E-state index in [1.807, 2.05) is 6.26 Å². The Morgan fingerprint density at radius 2 is 2.00 bits per heavy atom. The number of carbonyl (C=O) groups is 2. The van der Waals surface area contributed by atoms with Crippen molar-refractivity contribution < 1.29 is 9.59 Å². The first-order valence-corrected chi connectivity index (χ1v) is 5.99. The molecule has 0 aromatic carbocycles. The minimum Gasteiger partial charge on any atom is -0.280 e. The molecule has 0 saturated carbocycles. The number of amides is 2. The standard InChI is InChI=1S/C10H11N3O2S/c1-5-11-8-6(9(12-5)16-3)4-7(14)13(2)10(8)15/h4H2,1-3H3. The molecular formula is C10H11N3O2S. The number of likely N-dealkylation sites (N-methyl/N-ethyl adjacent to an activating group) is 1. The number of thioether (sulfide) groups is 1. The van der Waals surface area contributed by atoms with Gasteiger partial charge in [0.05, 0.1) is 6.42 Å². The summed E-state index contributed by atoms with van der Waals surface area (Å²) in [7, 11) is 1.48. The van der Waals surface area contributed by atoms with Crippen molar-refractivity contribution >= 4 is 23.6 Å². The molecule has 0 N–H and O–H groups in total. The smallest absolute Gasteiger partial charge is 0.279 e. The molecule has 1 aromatic heterocycles. The molecule has 5 nitrogen and oxygen atoms in total. The van der Waals surface area contributed by atoms with Crippen LogP contribution in [-0.2, 0) is 11.2 Å². The molecule has 6 heteroatoms. The average molecular weight is 237 g/mol. The van der Waals surface area contributed by atoms with Crippen LogP contribution in [0.4, 0.5) is 0 Å². The third kappa shape index (κ3) is 1.59. The highest BCUT2D eigenvalue weighted by molar-refractivity contribution is 7.98. The lowest BCUT2D eigenvalue weighted by molar-refractivity contribution is -0.127. The van der Waals surface area contributed by atoms with Crippen LogP contribution in [0.15, 0.2) is 5.03 Å². The zero-order valence-corrected chi connectivity index (χ0v) is 10.1. The summed E-state index contributed by atoms with van der Waals surface area (Å²) < 4.78 is 0. The van der Waals surface area contributed by atoms with Crippen LogP contribution in [0.25, 0.3) is 0 Å². The fourth-order valence-electron chi connectivity index (χ4n) is 1.62. The lowest BCUT2D eigenvalue weighted by Gasteiger charge is -2.23. The second kappa shape index (κ2) is 3.86. The predicted molar refractivity (Wildman–Crippen MR) is 59.4 cm³/mol. The van der Waals surface area contributed by atoms with Gasteiger partial charge in [-0.1, -0.05) is 0 Å². The van der Waals surface area contributed by atoms with E-state index in [2.05, 4.69) is 9.97 Å². The molecule has 1 aliphatic heterocycles. The van der Waals surface area contributed by atoms with Gasteiger partial charge in [-0.05, 0) is 13.2 Å². The van der Waals surface area contributed by atoms with Gasteiger partial charge < -0.3 is 0 Å². The van der Waals surface area contributed by atoms with Crippen molar-refractivity contribution in [2.45, 2.75) is 18.4 Å². The molecule has 2 heterocycles. The van der Waals surface area contributed by atoms with Crippen LogP contribution in [-0.4, -0.2) is 40.0 Å². The lowest BCUT2D eigenvalue weighted by atomic mass is 10.1. The Balaban J connectivity index is 2.64. The van der Waals surface area contributed by atoms with Crippen molar-refractivity contribution in [1.29, 1.82) is 0 Å². The van der Waals surface area contributed by atoms with Gasteiger partial charge in [0.1, 0.15) is 16.5 Å². The highest BCUT2D eigenvalue weighted by Gasteiger charge is 2.31. The van der Waals surface area contributed by atoms with Crippen LogP contribution in [0.5, 0.6) is 0 Å². The van der Waals surface area contributed by atoms with Crippen molar-refractivity contribution in [3.63, 3.8) is 0 Å². The Morgan fingerprint density at radius 1 is 1.31 bits per heavy atom. The van der Waals surface area contributed by atoms with E-state index in [4.69, 9.17) is 0 Å². The van der Waals surface area contributed by atoms with Gasteiger partial charge in [-0.15, -0.1) is 11.8 Å². The lowest BCUT2D eigenvalue weighted by Crippen LogP contribution is -2.40. The van der Waals surface area contributed by atoms with Crippen LogP contribution in [0.1, 0.15) is 21.9 Å². The Bertz CT molecular complexity index is 487. The van der Waals surface area contributed by atoms with E-state index in [1.165, 1.54) is 18.8 Å². The third-order valence-electron chi connectivity index (χ3n) is 2.48. The monoisotopic (exact) mass is 237 g/mol. The summed E-state index contributed by atoms with van der Waals surface area (Å²) in [5.74, 6) is 0.00602. The van der Waals surface area contributed by atoms with Gasteiger partial charge in [-0.3, -0.25) is 14.5 Å². The molecule has 0 radical (unpaired) electrons. The summed E-state index contributed by atoms with van der Waals surface area (Å²) in [6.45, 7) is 1.74. The molecule has 1 aromatic rings. The molecule has 0 atom stereocenters. The first-order chi connectivity index (χ1) is 7.54. The maximum Gasteiger partial charge on any atom is 0.279 e. The molecule has 84 valence electrons. The quantitative estimate of drug-likeness (QED) is 0.408. The van der Waals surface area contributed by atoms with Crippen molar-refractivity contribution in [3.8, 4) is 0 Å². The Hall–Kier alpha value is -1.43. The van der Waals surface area contributed by atoms with E-state index < -0.39 is 0 Å². The van der Waals surface area contributed by atoms with E-state index >= 15 is 0 Å². The maximum atomic E-state index is 11.9. The fraction of sp³-hybridized carbons (Fsp3) is 0.400. The van der Waals surface area contributed by atoms with Crippen molar-refractivity contribution in [2.24, 2.45) is 0 Å². The topological polar surface area (TPSA) is 63.2 Å². The van der Waals surface area contributed by atoms with E-state index in [0.29, 0.717) is 17.1 Å². The summed E-state index contributed by atoms with van der Waals surface area (Å²) in [6, 6.07) is 0. The third-order valence-corrected chi connectivity index (χ3v) is 3.21. The molecule has 0 bridgehead atoms. The Morgan fingerprint density at radius 3 is 2.62 bits per heavy atom. The van der Waals surface area contributed by atoms with E-state index in [-0.39, 0.29) is 18.2 Å². The summed E-state index contributed by atoms with van der Waals surface area (Å²) in [4.78, 5) is 32.9. The number of carbonyl (C=O) groups excluding carboxylic acids is 2. The number of imide groups is 1. The minimum absolute atomic E-state index is 0.202. The maximum absolute atomic E-state index is 11.9.